The highest BCUT2D eigenvalue weighted by Gasteiger charge is 2.20. The second-order valence-electron chi connectivity index (χ2n) is 7.20. The Balaban J connectivity index is 1.55. The zero-order valence-corrected chi connectivity index (χ0v) is 17.5. The summed E-state index contributed by atoms with van der Waals surface area (Å²) in [4.78, 5) is 26.8. The van der Waals surface area contributed by atoms with Crippen molar-refractivity contribution in [1.29, 1.82) is 0 Å². The van der Waals surface area contributed by atoms with E-state index in [2.05, 4.69) is 10.2 Å². The Morgan fingerprint density at radius 3 is 2.17 bits per heavy atom. The van der Waals surface area contributed by atoms with Crippen LogP contribution in [0.4, 0.5) is 11.4 Å². The molecule has 0 spiro atoms. The van der Waals surface area contributed by atoms with Gasteiger partial charge in [-0.2, -0.15) is 0 Å². The van der Waals surface area contributed by atoms with Gasteiger partial charge in [-0.3, -0.25) is 4.79 Å². The molecule has 1 atom stereocenters. The third kappa shape index (κ3) is 5.58. The second kappa shape index (κ2) is 9.27. The molecular weight excluding hydrogens is 406 g/mol. The number of anilines is 2. The quantitative estimate of drug-likeness (QED) is 0.679. The van der Waals surface area contributed by atoms with Crippen LogP contribution in [-0.2, 0) is 19.6 Å². The van der Waals surface area contributed by atoms with Gasteiger partial charge < -0.3 is 15.0 Å². The van der Waals surface area contributed by atoms with E-state index in [1.165, 1.54) is 50.5 Å². The average molecular weight is 432 g/mol. The average Bonchev–Trinajstić information content (AvgIpc) is 2.74. The van der Waals surface area contributed by atoms with E-state index in [1.54, 1.807) is 0 Å². The van der Waals surface area contributed by atoms with E-state index in [4.69, 9.17) is 9.88 Å². The molecule has 1 amide bonds. The lowest BCUT2D eigenvalue weighted by molar-refractivity contribution is -0.123. The molecule has 0 radical (unpaired) electrons. The SMILES string of the molecule is CC(OC(=O)c1ccc(S(N)(=O)=O)cc1)C(=O)Nc1ccc(N2CCCCC2)cc1. The van der Waals surface area contributed by atoms with Gasteiger partial charge in [0.25, 0.3) is 5.91 Å². The molecule has 1 fully saturated rings. The molecule has 9 heteroatoms. The van der Waals surface area contributed by atoms with Crippen LogP contribution < -0.4 is 15.4 Å². The highest BCUT2D eigenvalue weighted by molar-refractivity contribution is 7.89. The molecule has 0 aliphatic carbocycles. The number of hydrogen-bond acceptors (Lipinski definition) is 6. The predicted octanol–water partition coefficient (Wildman–Crippen LogP) is 2.51. The lowest BCUT2D eigenvalue weighted by Gasteiger charge is -2.28. The van der Waals surface area contributed by atoms with E-state index in [9.17, 15) is 18.0 Å². The standard InChI is InChI=1S/C21H25N3O5S/c1-15(29-21(26)16-5-11-19(12-6-16)30(22,27)28)20(25)23-17-7-9-18(10-8-17)24-13-3-2-4-14-24/h5-12,15H,2-4,13-14H2,1H3,(H,23,25)(H2,22,27,28). The molecule has 0 aromatic heterocycles. The molecule has 8 nitrogen and oxygen atoms in total. The molecule has 0 bridgehead atoms. The number of piperidine rings is 1. The van der Waals surface area contributed by atoms with E-state index < -0.39 is 28.0 Å². The molecule has 2 aromatic carbocycles. The number of rotatable bonds is 6. The summed E-state index contributed by atoms with van der Waals surface area (Å²) < 4.78 is 27.7. The third-order valence-corrected chi connectivity index (χ3v) is 5.86. The molecule has 160 valence electrons. The smallest absolute Gasteiger partial charge is 0.338 e. The monoisotopic (exact) mass is 431 g/mol. The third-order valence-electron chi connectivity index (χ3n) is 4.93. The minimum absolute atomic E-state index is 0.113. The Labute approximate surface area is 176 Å². The number of nitrogens with two attached hydrogens (primary N) is 1. The molecule has 3 N–H and O–H groups in total. The zero-order valence-electron chi connectivity index (χ0n) is 16.7. The van der Waals surface area contributed by atoms with Crippen LogP contribution in [0.15, 0.2) is 53.4 Å². The molecule has 30 heavy (non-hydrogen) atoms. The summed E-state index contributed by atoms with van der Waals surface area (Å²) in [7, 11) is -3.85. The van der Waals surface area contributed by atoms with Crippen molar-refractivity contribution in [3.63, 3.8) is 0 Å². The van der Waals surface area contributed by atoms with Gasteiger partial charge in [-0.25, -0.2) is 18.4 Å². The number of hydrogen-bond donors (Lipinski definition) is 2. The highest BCUT2D eigenvalue weighted by atomic mass is 32.2. The first kappa shape index (κ1) is 21.8. The zero-order chi connectivity index (χ0) is 21.7. The van der Waals surface area contributed by atoms with Crippen LogP contribution in [-0.4, -0.2) is 39.5 Å². The normalized spacial score (nSPS) is 15.3. The van der Waals surface area contributed by atoms with E-state index in [0.717, 1.165) is 18.8 Å². The molecular formula is C21H25N3O5S. The van der Waals surface area contributed by atoms with Crippen molar-refractivity contribution in [3.8, 4) is 0 Å². The summed E-state index contributed by atoms with van der Waals surface area (Å²) in [6.45, 7) is 3.54. The van der Waals surface area contributed by atoms with Crippen molar-refractivity contribution in [2.24, 2.45) is 5.14 Å². The Hall–Kier alpha value is -2.91. The van der Waals surface area contributed by atoms with Gasteiger partial charge in [-0.1, -0.05) is 0 Å². The fourth-order valence-corrected chi connectivity index (χ4v) is 3.73. The van der Waals surface area contributed by atoms with Crippen LogP contribution in [0, 0.1) is 0 Å². The number of nitrogens with one attached hydrogen (secondary N) is 1. The number of sulfonamides is 1. The predicted molar refractivity (Wildman–Crippen MR) is 114 cm³/mol. The van der Waals surface area contributed by atoms with Gasteiger partial charge in [-0.15, -0.1) is 0 Å². The lowest BCUT2D eigenvalue weighted by Crippen LogP contribution is -2.30. The van der Waals surface area contributed by atoms with Crippen LogP contribution in [0.3, 0.4) is 0 Å². The van der Waals surface area contributed by atoms with E-state index in [1.807, 2.05) is 24.3 Å². The summed E-state index contributed by atoms with van der Waals surface area (Å²) in [6.07, 6.45) is 2.60. The largest absolute Gasteiger partial charge is 0.449 e. The first-order valence-electron chi connectivity index (χ1n) is 9.74. The van der Waals surface area contributed by atoms with Crippen LogP contribution in [0.25, 0.3) is 0 Å². The van der Waals surface area contributed by atoms with Crippen LogP contribution in [0.2, 0.25) is 0 Å². The molecule has 2 aromatic rings. The van der Waals surface area contributed by atoms with Crippen LogP contribution >= 0.6 is 0 Å². The number of amides is 1. The topological polar surface area (TPSA) is 119 Å². The summed E-state index contributed by atoms with van der Waals surface area (Å²) in [5.41, 5.74) is 1.85. The van der Waals surface area contributed by atoms with Crippen LogP contribution in [0.1, 0.15) is 36.5 Å². The second-order valence-corrected chi connectivity index (χ2v) is 8.76. The number of primary sulfonamides is 1. The van der Waals surface area contributed by atoms with Gasteiger partial charge in [0, 0.05) is 24.5 Å². The molecule has 1 unspecified atom stereocenters. The number of nitrogens with zero attached hydrogens (tertiary/aromatic N) is 1. The summed E-state index contributed by atoms with van der Waals surface area (Å²) >= 11 is 0. The first-order chi connectivity index (χ1) is 14.2. The number of ether oxygens (including phenoxy) is 1. The highest BCUT2D eigenvalue weighted by Crippen LogP contribution is 2.22. The maximum absolute atomic E-state index is 12.4. The van der Waals surface area contributed by atoms with Crippen LogP contribution in [0.5, 0.6) is 0 Å². The summed E-state index contributed by atoms with van der Waals surface area (Å²) in [5, 5.41) is 7.76. The van der Waals surface area contributed by atoms with Crippen molar-refractivity contribution >= 4 is 33.3 Å². The van der Waals surface area contributed by atoms with Gasteiger partial charge in [-0.05, 0) is 74.7 Å². The number of carbonyl (C=O) groups excluding carboxylic acids is 2. The van der Waals surface area contributed by atoms with Crippen molar-refractivity contribution in [3.05, 3.63) is 54.1 Å². The van der Waals surface area contributed by atoms with E-state index >= 15 is 0 Å². The lowest BCUT2D eigenvalue weighted by atomic mass is 10.1. The van der Waals surface area contributed by atoms with Gasteiger partial charge in [0.1, 0.15) is 0 Å². The van der Waals surface area contributed by atoms with E-state index in [-0.39, 0.29) is 10.5 Å². The fraction of sp³-hybridized carbons (Fsp3) is 0.333. The minimum Gasteiger partial charge on any atom is -0.449 e. The number of esters is 1. The van der Waals surface area contributed by atoms with Gasteiger partial charge in [0.05, 0.1) is 10.5 Å². The van der Waals surface area contributed by atoms with Crippen molar-refractivity contribution in [2.45, 2.75) is 37.2 Å². The van der Waals surface area contributed by atoms with Crippen molar-refractivity contribution in [2.75, 3.05) is 23.3 Å². The Bertz CT molecular complexity index is 998. The minimum atomic E-state index is -3.85. The maximum atomic E-state index is 12.4. The number of benzene rings is 2. The molecule has 1 aliphatic heterocycles. The van der Waals surface area contributed by atoms with Gasteiger partial charge >= 0.3 is 5.97 Å². The molecule has 1 heterocycles. The molecule has 0 saturated carbocycles. The Morgan fingerprint density at radius 2 is 1.60 bits per heavy atom. The van der Waals surface area contributed by atoms with E-state index in [0.29, 0.717) is 5.69 Å². The number of carbonyl (C=O) groups is 2. The fourth-order valence-electron chi connectivity index (χ4n) is 3.21. The molecule has 1 aliphatic rings. The molecule has 3 rings (SSSR count). The summed E-state index contributed by atoms with van der Waals surface area (Å²) in [5.74, 6) is -1.20. The molecule has 1 saturated heterocycles. The van der Waals surface area contributed by atoms with Crippen molar-refractivity contribution < 1.29 is 22.7 Å². The Morgan fingerprint density at radius 1 is 1.00 bits per heavy atom. The Kier molecular flexibility index (Phi) is 6.73. The van der Waals surface area contributed by atoms with Crippen molar-refractivity contribution in [1.82, 2.24) is 0 Å². The summed E-state index contributed by atoms with van der Waals surface area (Å²) in [6, 6.07) is 12.6. The first-order valence-corrected chi connectivity index (χ1v) is 11.3. The van der Waals surface area contributed by atoms with Gasteiger partial charge in [0.15, 0.2) is 6.10 Å². The van der Waals surface area contributed by atoms with Gasteiger partial charge in [0.2, 0.25) is 10.0 Å². The maximum Gasteiger partial charge on any atom is 0.338 e.